The van der Waals surface area contributed by atoms with Crippen molar-refractivity contribution < 1.29 is 9.50 Å². The molecule has 1 aromatic carbocycles. The average Bonchev–Trinajstić information content (AvgIpc) is 2.17. The van der Waals surface area contributed by atoms with Crippen LogP contribution in [-0.2, 0) is 5.60 Å². The summed E-state index contributed by atoms with van der Waals surface area (Å²) >= 11 is 0. The zero-order chi connectivity index (χ0) is 11.9. The van der Waals surface area contributed by atoms with Crippen LogP contribution < -0.4 is 0 Å². The molecule has 2 rings (SSSR count). The highest BCUT2D eigenvalue weighted by molar-refractivity contribution is 5.84. The number of fused-ring (bicyclic) bond motifs is 1. The molecule has 0 radical (unpaired) electrons. The fourth-order valence-electron chi connectivity index (χ4n) is 2.08. The number of halogens is 1. The normalized spacial score (nSPS) is 12.1. The summed E-state index contributed by atoms with van der Waals surface area (Å²) in [5.41, 5.74) is 0.899. The van der Waals surface area contributed by atoms with Crippen LogP contribution >= 0.6 is 0 Å². The molecule has 0 aliphatic heterocycles. The molecule has 2 aromatic rings. The highest BCUT2D eigenvalue weighted by Crippen LogP contribution is 2.31. The van der Waals surface area contributed by atoms with Crippen LogP contribution in [0.3, 0.4) is 0 Å². The Hall–Kier alpha value is -1.48. The molecule has 0 aliphatic carbocycles. The van der Waals surface area contributed by atoms with Gasteiger partial charge >= 0.3 is 0 Å². The summed E-state index contributed by atoms with van der Waals surface area (Å²) in [4.78, 5) is 4.16. The molecular formula is C13H14FNO. The van der Waals surface area contributed by atoms with Gasteiger partial charge in [0, 0.05) is 11.6 Å². The van der Waals surface area contributed by atoms with Crippen LogP contribution in [0.2, 0.25) is 0 Å². The summed E-state index contributed by atoms with van der Waals surface area (Å²) in [6.07, 6.45) is 1.66. The molecule has 0 saturated carbocycles. The first-order valence-corrected chi connectivity index (χ1v) is 5.18. The van der Waals surface area contributed by atoms with Crippen molar-refractivity contribution in [2.45, 2.75) is 26.4 Å². The highest BCUT2D eigenvalue weighted by atomic mass is 19.1. The van der Waals surface area contributed by atoms with Gasteiger partial charge in [-0.1, -0.05) is 6.07 Å². The van der Waals surface area contributed by atoms with E-state index in [4.69, 9.17) is 0 Å². The van der Waals surface area contributed by atoms with Gasteiger partial charge in [0.05, 0.1) is 11.1 Å². The summed E-state index contributed by atoms with van der Waals surface area (Å²) in [7, 11) is 0. The number of aliphatic hydroxyl groups is 1. The van der Waals surface area contributed by atoms with E-state index in [9.17, 15) is 9.50 Å². The van der Waals surface area contributed by atoms with Gasteiger partial charge in [-0.05, 0) is 44.0 Å². The van der Waals surface area contributed by atoms with Crippen molar-refractivity contribution in [3.8, 4) is 0 Å². The van der Waals surface area contributed by atoms with Crippen molar-refractivity contribution in [2.75, 3.05) is 0 Å². The maximum atomic E-state index is 13.8. The van der Waals surface area contributed by atoms with Crippen LogP contribution in [0, 0.1) is 12.7 Å². The summed E-state index contributed by atoms with van der Waals surface area (Å²) < 4.78 is 13.8. The quantitative estimate of drug-likeness (QED) is 0.800. The predicted molar refractivity (Wildman–Crippen MR) is 61.7 cm³/mol. The van der Waals surface area contributed by atoms with Crippen LogP contribution in [0.25, 0.3) is 10.9 Å². The minimum Gasteiger partial charge on any atom is -0.386 e. The van der Waals surface area contributed by atoms with Crippen molar-refractivity contribution in [1.82, 2.24) is 4.98 Å². The van der Waals surface area contributed by atoms with E-state index < -0.39 is 5.60 Å². The van der Waals surface area contributed by atoms with Crippen LogP contribution in [0.1, 0.15) is 25.0 Å². The Kier molecular flexibility index (Phi) is 2.43. The summed E-state index contributed by atoms with van der Waals surface area (Å²) in [5, 5.41) is 10.5. The largest absolute Gasteiger partial charge is 0.386 e. The first-order valence-electron chi connectivity index (χ1n) is 5.18. The lowest BCUT2D eigenvalue weighted by molar-refractivity contribution is 0.0793. The van der Waals surface area contributed by atoms with E-state index in [1.165, 1.54) is 6.07 Å². The second-order valence-corrected chi connectivity index (χ2v) is 4.51. The fraction of sp³-hybridized carbons (Fsp3) is 0.308. The average molecular weight is 219 g/mol. The van der Waals surface area contributed by atoms with Gasteiger partial charge in [-0.2, -0.15) is 0 Å². The van der Waals surface area contributed by atoms with Gasteiger partial charge in [0.25, 0.3) is 0 Å². The standard InChI is InChI=1S/C13H14FNO/c1-8-7-15-10-6-4-5-9(14)11(10)12(8)13(2,3)16/h4-7,16H,1-3H3. The molecule has 0 amide bonds. The summed E-state index contributed by atoms with van der Waals surface area (Å²) in [5.74, 6) is -0.342. The molecule has 0 bridgehead atoms. The smallest absolute Gasteiger partial charge is 0.132 e. The summed E-state index contributed by atoms with van der Waals surface area (Å²) in [6, 6.07) is 4.75. The Morgan fingerprint density at radius 3 is 2.62 bits per heavy atom. The Morgan fingerprint density at radius 1 is 1.31 bits per heavy atom. The molecule has 84 valence electrons. The fourth-order valence-corrected chi connectivity index (χ4v) is 2.08. The second kappa shape index (κ2) is 3.52. The Bertz CT molecular complexity index is 543. The molecule has 0 aliphatic rings. The molecule has 0 spiro atoms. The van der Waals surface area contributed by atoms with Gasteiger partial charge in [-0.15, -0.1) is 0 Å². The number of hydrogen-bond donors (Lipinski definition) is 1. The Morgan fingerprint density at radius 2 is 2.00 bits per heavy atom. The molecule has 0 saturated heterocycles. The molecule has 1 N–H and O–H groups in total. The van der Waals surface area contributed by atoms with Crippen LogP contribution in [0.15, 0.2) is 24.4 Å². The molecule has 0 fully saturated rings. The van der Waals surface area contributed by atoms with Gasteiger partial charge in [0.15, 0.2) is 0 Å². The van der Waals surface area contributed by atoms with E-state index in [-0.39, 0.29) is 5.82 Å². The van der Waals surface area contributed by atoms with Gasteiger partial charge in [-0.3, -0.25) is 4.98 Å². The van der Waals surface area contributed by atoms with Gasteiger partial charge < -0.3 is 5.11 Å². The topological polar surface area (TPSA) is 33.1 Å². The number of hydrogen-bond acceptors (Lipinski definition) is 2. The van der Waals surface area contributed by atoms with Crippen LogP contribution in [0.4, 0.5) is 4.39 Å². The number of nitrogens with zero attached hydrogens (tertiary/aromatic N) is 1. The third kappa shape index (κ3) is 1.67. The SMILES string of the molecule is Cc1cnc2cccc(F)c2c1C(C)(C)O. The molecule has 16 heavy (non-hydrogen) atoms. The van der Waals surface area contributed by atoms with Gasteiger partial charge in [-0.25, -0.2) is 4.39 Å². The first-order chi connectivity index (χ1) is 7.41. The van der Waals surface area contributed by atoms with Crippen molar-refractivity contribution in [3.63, 3.8) is 0 Å². The maximum Gasteiger partial charge on any atom is 0.132 e. The number of benzene rings is 1. The molecular weight excluding hydrogens is 205 g/mol. The molecule has 0 unspecified atom stereocenters. The van der Waals surface area contributed by atoms with E-state index in [1.807, 2.05) is 6.92 Å². The lowest BCUT2D eigenvalue weighted by Gasteiger charge is -2.22. The number of rotatable bonds is 1. The second-order valence-electron chi connectivity index (χ2n) is 4.51. The van der Waals surface area contributed by atoms with Crippen molar-refractivity contribution in [3.05, 3.63) is 41.3 Å². The monoisotopic (exact) mass is 219 g/mol. The van der Waals surface area contributed by atoms with Crippen LogP contribution in [0.5, 0.6) is 0 Å². The molecule has 1 heterocycles. The van der Waals surface area contributed by atoms with E-state index in [0.717, 1.165) is 5.56 Å². The van der Waals surface area contributed by atoms with Crippen molar-refractivity contribution in [1.29, 1.82) is 0 Å². The third-order valence-electron chi connectivity index (χ3n) is 2.65. The Balaban J connectivity index is 2.95. The highest BCUT2D eigenvalue weighted by Gasteiger charge is 2.23. The first kappa shape index (κ1) is 11.0. The molecule has 1 aromatic heterocycles. The zero-order valence-corrected chi connectivity index (χ0v) is 9.58. The van der Waals surface area contributed by atoms with E-state index in [2.05, 4.69) is 4.98 Å². The molecule has 3 heteroatoms. The molecule has 2 nitrogen and oxygen atoms in total. The lowest BCUT2D eigenvalue weighted by Crippen LogP contribution is -2.18. The zero-order valence-electron chi connectivity index (χ0n) is 9.58. The van der Waals surface area contributed by atoms with E-state index >= 15 is 0 Å². The van der Waals surface area contributed by atoms with Crippen molar-refractivity contribution >= 4 is 10.9 Å². The third-order valence-corrected chi connectivity index (χ3v) is 2.65. The Labute approximate surface area is 93.8 Å². The molecule has 0 atom stereocenters. The maximum absolute atomic E-state index is 13.8. The minimum absolute atomic E-state index is 0.342. The van der Waals surface area contributed by atoms with E-state index in [1.54, 1.807) is 32.2 Å². The van der Waals surface area contributed by atoms with Crippen LogP contribution in [-0.4, -0.2) is 10.1 Å². The minimum atomic E-state index is -1.08. The number of aryl methyl sites for hydroxylation is 1. The van der Waals surface area contributed by atoms with Gasteiger partial charge in [0.2, 0.25) is 0 Å². The van der Waals surface area contributed by atoms with E-state index in [0.29, 0.717) is 16.5 Å². The predicted octanol–water partition coefficient (Wildman–Crippen LogP) is 2.91. The number of pyridine rings is 1. The van der Waals surface area contributed by atoms with Crippen molar-refractivity contribution in [2.24, 2.45) is 0 Å². The lowest BCUT2D eigenvalue weighted by atomic mass is 9.91. The summed E-state index contributed by atoms with van der Waals surface area (Å²) in [6.45, 7) is 5.13. The number of aromatic nitrogens is 1. The van der Waals surface area contributed by atoms with Gasteiger partial charge in [0.1, 0.15) is 5.82 Å².